The van der Waals surface area contributed by atoms with Crippen LogP contribution >= 0.6 is 0 Å². The van der Waals surface area contributed by atoms with Crippen LogP contribution < -0.4 is 10.1 Å². The average Bonchev–Trinajstić information content (AvgIpc) is 3.34. The van der Waals surface area contributed by atoms with E-state index in [-0.39, 0.29) is 18.5 Å². The molecular formula is C30H34N4O3. The van der Waals surface area contributed by atoms with Crippen molar-refractivity contribution in [3.05, 3.63) is 96.2 Å². The molecule has 0 atom stereocenters. The highest BCUT2D eigenvalue weighted by Crippen LogP contribution is 2.19. The Kier molecular flexibility index (Phi) is 8.81. The zero-order valence-electron chi connectivity index (χ0n) is 21.4. The summed E-state index contributed by atoms with van der Waals surface area (Å²) in [7, 11) is 1.60. The normalized spacial score (nSPS) is 10.8. The standard InChI is InChI=1S/C30H34N4O3/c1-3-18-34(30(36)32-25-13-15-26(37-2)16-14-25)22-29(35)33(21-23-9-5-4-6-10-23)19-17-24-20-31-28-12-8-7-11-27(24)28/h4-16,20,31H,3,17-19,21-22H2,1-2H3,(H,32,36). The quantitative estimate of drug-likeness (QED) is 0.279. The number of benzene rings is 3. The van der Waals surface area contributed by atoms with Gasteiger partial charge in [-0.25, -0.2) is 4.79 Å². The molecule has 0 aliphatic rings. The minimum Gasteiger partial charge on any atom is -0.497 e. The van der Waals surface area contributed by atoms with Crippen LogP contribution in [0.5, 0.6) is 5.75 Å². The van der Waals surface area contributed by atoms with Crippen LogP contribution in [0.3, 0.4) is 0 Å². The van der Waals surface area contributed by atoms with E-state index >= 15 is 0 Å². The zero-order valence-corrected chi connectivity index (χ0v) is 21.4. The van der Waals surface area contributed by atoms with Gasteiger partial charge in [-0.2, -0.15) is 0 Å². The predicted molar refractivity (Wildman–Crippen MR) is 148 cm³/mol. The van der Waals surface area contributed by atoms with Crippen LogP contribution in [0.4, 0.5) is 10.5 Å². The van der Waals surface area contributed by atoms with Gasteiger partial charge in [0.1, 0.15) is 12.3 Å². The van der Waals surface area contributed by atoms with Crippen LogP contribution in [-0.4, -0.2) is 53.5 Å². The van der Waals surface area contributed by atoms with Gasteiger partial charge < -0.3 is 24.8 Å². The molecule has 0 bridgehead atoms. The smallest absolute Gasteiger partial charge is 0.322 e. The first-order valence-electron chi connectivity index (χ1n) is 12.6. The maximum atomic E-state index is 13.6. The molecule has 1 heterocycles. The Balaban J connectivity index is 1.47. The molecule has 37 heavy (non-hydrogen) atoms. The van der Waals surface area contributed by atoms with Crippen molar-refractivity contribution in [1.29, 1.82) is 0 Å². The Hall–Kier alpha value is -4.26. The lowest BCUT2D eigenvalue weighted by Crippen LogP contribution is -2.45. The van der Waals surface area contributed by atoms with Gasteiger partial charge in [-0.3, -0.25) is 4.79 Å². The van der Waals surface area contributed by atoms with Gasteiger partial charge in [0, 0.05) is 42.4 Å². The minimum atomic E-state index is -0.295. The first-order chi connectivity index (χ1) is 18.1. The highest BCUT2D eigenvalue weighted by atomic mass is 16.5. The maximum absolute atomic E-state index is 13.6. The molecule has 7 heteroatoms. The summed E-state index contributed by atoms with van der Waals surface area (Å²) in [5.74, 6) is 0.632. The van der Waals surface area contributed by atoms with Crippen LogP contribution in [0.1, 0.15) is 24.5 Å². The van der Waals surface area contributed by atoms with E-state index in [1.165, 1.54) is 10.9 Å². The van der Waals surface area contributed by atoms with Crippen molar-refractivity contribution < 1.29 is 14.3 Å². The lowest BCUT2D eigenvalue weighted by molar-refractivity contribution is -0.132. The number of para-hydroxylation sites is 1. The highest BCUT2D eigenvalue weighted by molar-refractivity contribution is 5.92. The summed E-state index contributed by atoms with van der Waals surface area (Å²) in [6.07, 6.45) is 3.48. The molecule has 1 aromatic heterocycles. The second-order valence-corrected chi connectivity index (χ2v) is 8.99. The Morgan fingerprint density at radius 2 is 1.62 bits per heavy atom. The number of fused-ring (bicyclic) bond motifs is 1. The molecule has 7 nitrogen and oxygen atoms in total. The van der Waals surface area contributed by atoms with Crippen molar-refractivity contribution >= 4 is 28.5 Å². The fraction of sp³-hybridized carbons (Fsp3) is 0.267. The third-order valence-corrected chi connectivity index (χ3v) is 6.34. The van der Waals surface area contributed by atoms with E-state index in [1.54, 1.807) is 36.3 Å². The van der Waals surface area contributed by atoms with Gasteiger partial charge in [0.25, 0.3) is 0 Å². The molecule has 0 saturated heterocycles. The predicted octanol–water partition coefficient (Wildman–Crippen LogP) is 5.69. The Bertz CT molecular complexity index is 1300. The van der Waals surface area contributed by atoms with E-state index in [9.17, 15) is 9.59 Å². The number of hydrogen-bond donors (Lipinski definition) is 2. The molecule has 0 aliphatic carbocycles. The van der Waals surface area contributed by atoms with Crippen molar-refractivity contribution in [3.8, 4) is 5.75 Å². The summed E-state index contributed by atoms with van der Waals surface area (Å²) in [6.45, 7) is 3.53. The molecule has 2 N–H and O–H groups in total. The fourth-order valence-corrected chi connectivity index (χ4v) is 4.35. The summed E-state index contributed by atoms with van der Waals surface area (Å²) < 4.78 is 5.19. The number of urea groups is 1. The molecule has 0 saturated carbocycles. The lowest BCUT2D eigenvalue weighted by Gasteiger charge is -2.28. The van der Waals surface area contributed by atoms with E-state index < -0.39 is 0 Å². The summed E-state index contributed by atoms with van der Waals surface area (Å²) in [4.78, 5) is 33.4. The van der Waals surface area contributed by atoms with Gasteiger partial charge in [-0.1, -0.05) is 55.5 Å². The van der Waals surface area contributed by atoms with E-state index in [1.807, 2.05) is 60.5 Å². The number of aromatic amines is 1. The third kappa shape index (κ3) is 6.91. The molecule has 192 valence electrons. The monoisotopic (exact) mass is 498 g/mol. The zero-order chi connectivity index (χ0) is 26.0. The molecule has 0 unspecified atom stereocenters. The summed E-state index contributed by atoms with van der Waals surface area (Å²) in [5.41, 5.74) is 3.96. The molecule has 3 aromatic carbocycles. The number of H-pyrrole nitrogens is 1. The van der Waals surface area contributed by atoms with Gasteiger partial charge in [-0.15, -0.1) is 0 Å². The first-order valence-corrected chi connectivity index (χ1v) is 12.6. The van der Waals surface area contributed by atoms with Crippen LogP contribution in [0.25, 0.3) is 10.9 Å². The number of nitrogens with zero attached hydrogens (tertiary/aromatic N) is 2. The van der Waals surface area contributed by atoms with Crippen molar-refractivity contribution in [2.24, 2.45) is 0 Å². The van der Waals surface area contributed by atoms with Crippen LogP contribution in [0.2, 0.25) is 0 Å². The van der Waals surface area contributed by atoms with E-state index in [0.717, 1.165) is 17.5 Å². The Morgan fingerprint density at radius 3 is 2.35 bits per heavy atom. The number of carbonyl (C=O) groups excluding carboxylic acids is 2. The molecule has 4 aromatic rings. The van der Waals surface area contributed by atoms with E-state index in [4.69, 9.17) is 4.74 Å². The fourth-order valence-electron chi connectivity index (χ4n) is 4.35. The topological polar surface area (TPSA) is 77.7 Å². The van der Waals surface area contributed by atoms with Crippen molar-refractivity contribution in [2.45, 2.75) is 26.3 Å². The van der Waals surface area contributed by atoms with E-state index in [0.29, 0.717) is 37.5 Å². The van der Waals surface area contributed by atoms with Crippen LogP contribution in [0.15, 0.2) is 85.1 Å². The van der Waals surface area contributed by atoms with Crippen LogP contribution in [-0.2, 0) is 17.8 Å². The molecule has 0 radical (unpaired) electrons. The third-order valence-electron chi connectivity index (χ3n) is 6.34. The molecule has 0 aliphatic heterocycles. The van der Waals surface area contributed by atoms with Crippen molar-refractivity contribution in [1.82, 2.24) is 14.8 Å². The summed E-state index contributed by atoms with van der Waals surface area (Å²) in [6, 6.07) is 25.0. The molecular weight excluding hydrogens is 464 g/mol. The number of ether oxygens (including phenoxy) is 1. The first kappa shape index (κ1) is 25.8. The minimum absolute atomic E-state index is 0.0105. The number of rotatable bonds is 11. The Morgan fingerprint density at radius 1 is 0.892 bits per heavy atom. The van der Waals surface area contributed by atoms with Gasteiger partial charge in [0.05, 0.1) is 7.11 Å². The van der Waals surface area contributed by atoms with Gasteiger partial charge in [0.15, 0.2) is 0 Å². The van der Waals surface area contributed by atoms with Gasteiger partial charge in [0.2, 0.25) is 5.91 Å². The lowest BCUT2D eigenvalue weighted by atomic mass is 10.1. The number of anilines is 1. The number of carbonyl (C=O) groups is 2. The molecule has 3 amide bonds. The molecule has 4 rings (SSSR count). The average molecular weight is 499 g/mol. The Labute approximate surface area is 218 Å². The van der Waals surface area contributed by atoms with Gasteiger partial charge in [-0.05, 0) is 54.3 Å². The highest BCUT2D eigenvalue weighted by Gasteiger charge is 2.22. The summed E-state index contributed by atoms with van der Waals surface area (Å²) in [5, 5.41) is 4.07. The number of amides is 3. The summed E-state index contributed by atoms with van der Waals surface area (Å²) >= 11 is 0. The second kappa shape index (κ2) is 12.6. The van der Waals surface area contributed by atoms with Crippen molar-refractivity contribution in [3.63, 3.8) is 0 Å². The molecule has 0 fully saturated rings. The number of methoxy groups -OCH3 is 1. The van der Waals surface area contributed by atoms with Crippen molar-refractivity contribution in [2.75, 3.05) is 32.1 Å². The van der Waals surface area contributed by atoms with E-state index in [2.05, 4.69) is 22.4 Å². The van der Waals surface area contributed by atoms with Gasteiger partial charge >= 0.3 is 6.03 Å². The largest absolute Gasteiger partial charge is 0.497 e. The number of hydrogen-bond acceptors (Lipinski definition) is 3. The number of nitrogens with one attached hydrogen (secondary N) is 2. The maximum Gasteiger partial charge on any atom is 0.322 e. The van der Waals surface area contributed by atoms with Crippen LogP contribution in [0, 0.1) is 0 Å². The SMILES string of the molecule is CCCN(CC(=O)N(CCc1c[nH]c2ccccc12)Cc1ccccc1)C(=O)Nc1ccc(OC)cc1. The second-order valence-electron chi connectivity index (χ2n) is 8.99. The number of aromatic nitrogens is 1. The molecule has 0 spiro atoms.